The third-order valence-electron chi connectivity index (χ3n) is 10.5. The van der Waals surface area contributed by atoms with Crippen LogP contribution in [0.5, 0.6) is 0 Å². The summed E-state index contributed by atoms with van der Waals surface area (Å²) in [5.74, 6) is -2.81. The lowest BCUT2D eigenvalue weighted by Crippen LogP contribution is -2.55. The molecule has 0 saturated carbocycles. The van der Waals surface area contributed by atoms with Crippen molar-refractivity contribution in [1.82, 2.24) is 36.1 Å². The van der Waals surface area contributed by atoms with Gasteiger partial charge in [0, 0.05) is 48.0 Å². The number of nitrogens with one attached hydrogen (secondary N) is 6. The summed E-state index contributed by atoms with van der Waals surface area (Å²) in [7, 11) is 1.22. The van der Waals surface area contributed by atoms with Crippen LogP contribution < -0.4 is 31.9 Å². The fourth-order valence-corrected chi connectivity index (χ4v) is 7.01. The van der Waals surface area contributed by atoms with Crippen LogP contribution in [0.25, 0.3) is 0 Å². The van der Waals surface area contributed by atoms with Gasteiger partial charge in [-0.25, -0.2) is 24.1 Å². The van der Waals surface area contributed by atoms with Crippen LogP contribution in [0.2, 0.25) is 5.02 Å². The van der Waals surface area contributed by atoms with Crippen LogP contribution in [-0.2, 0) is 57.9 Å². The molecule has 0 radical (unpaired) electrons. The molecule has 1 saturated heterocycles. The number of carbonyl (C=O) groups is 9. The Kier molecular flexibility index (Phi) is 17.9. The summed E-state index contributed by atoms with van der Waals surface area (Å²) in [5.41, 5.74) is 3.33. The third-order valence-corrected chi connectivity index (χ3v) is 10.9. The summed E-state index contributed by atoms with van der Waals surface area (Å²) in [6, 6.07) is 13.2. The number of hydrogen-bond acceptors (Lipinski definition) is 13. The summed E-state index contributed by atoms with van der Waals surface area (Å²) in [4.78, 5) is 122. The van der Waals surface area contributed by atoms with Gasteiger partial charge >= 0.3 is 24.3 Å². The molecule has 0 aromatic heterocycles. The second kappa shape index (κ2) is 23.5. The van der Waals surface area contributed by atoms with Gasteiger partial charge in [-0.2, -0.15) is 5.06 Å². The molecule has 2 aliphatic heterocycles. The van der Waals surface area contributed by atoms with Crippen molar-refractivity contribution in [2.45, 2.75) is 97.8 Å². The highest BCUT2D eigenvalue weighted by Crippen LogP contribution is 2.30. The number of piperidine rings is 1. The number of ether oxygens (including phenoxy) is 3. The number of hydroxylamine groups is 2. The number of imide groups is 1. The van der Waals surface area contributed by atoms with Gasteiger partial charge in [-0.15, -0.1) is 0 Å². The monoisotopic (exact) mass is 977 g/mol. The van der Waals surface area contributed by atoms with Gasteiger partial charge in [-0.05, 0) is 101 Å². The van der Waals surface area contributed by atoms with Crippen LogP contribution in [0.1, 0.15) is 80.1 Å². The van der Waals surface area contributed by atoms with E-state index in [1.807, 2.05) is 6.92 Å². The van der Waals surface area contributed by atoms with Crippen molar-refractivity contribution in [1.29, 1.82) is 0 Å². The lowest BCUT2D eigenvalue weighted by molar-refractivity contribution is -0.156. The number of benzene rings is 3. The van der Waals surface area contributed by atoms with E-state index >= 15 is 0 Å². The number of alkyl carbamates (subject to hydrolysis) is 2. The smallest absolute Gasteiger partial charge is 0.434 e. The van der Waals surface area contributed by atoms with Crippen LogP contribution in [0.3, 0.4) is 0 Å². The first-order chi connectivity index (χ1) is 32.6. The van der Waals surface area contributed by atoms with E-state index in [-0.39, 0.29) is 45.6 Å². The van der Waals surface area contributed by atoms with E-state index in [1.165, 1.54) is 25.9 Å². The van der Waals surface area contributed by atoms with Crippen LogP contribution in [0.4, 0.5) is 30.6 Å². The minimum Gasteiger partial charge on any atom is -0.444 e. The molecular formula is C46H56ClN9O13. The van der Waals surface area contributed by atoms with E-state index in [0.29, 0.717) is 38.7 Å². The maximum atomic E-state index is 13.6. The Morgan fingerprint density at radius 1 is 0.826 bits per heavy atom. The predicted molar refractivity (Wildman–Crippen MR) is 248 cm³/mol. The first kappa shape index (κ1) is 52.5. The molecule has 5 rings (SSSR count). The van der Waals surface area contributed by atoms with Crippen LogP contribution in [0, 0.1) is 6.92 Å². The zero-order valence-corrected chi connectivity index (χ0v) is 39.9. The van der Waals surface area contributed by atoms with E-state index in [9.17, 15) is 43.2 Å². The molecule has 22 nitrogen and oxygen atoms in total. The van der Waals surface area contributed by atoms with Gasteiger partial charge in [0.1, 0.15) is 30.3 Å². The molecule has 23 heteroatoms. The number of halogens is 1. The van der Waals surface area contributed by atoms with E-state index in [4.69, 9.17) is 30.6 Å². The Morgan fingerprint density at radius 3 is 2.19 bits per heavy atom. The van der Waals surface area contributed by atoms with Crippen molar-refractivity contribution in [2.24, 2.45) is 0 Å². The van der Waals surface area contributed by atoms with Crippen LogP contribution in [0.15, 0.2) is 60.7 Å². The summed E-state index contributed by atoms with van der Waals surface area (Å²) < 4.78 is 15.6. The predicted octanol–water partition coefficient (Wildman–Crippen LogP) is 4.68. The van der Waals surface area contributed by atoms with Crippen molar-refractivity contribution < 1.29 is 62.2 Å². The summed E-state index contributed by atoms with van der Waals surface area (Å²) >= 11 is 6.15. The summed E-state index contributed by atoms with van der Waals surface area (Å²) in [6.45, 7) is 8.80. The number of fused-ring (bicyclic) bond motifs is 1. The van der Waals surface area contributed by atoms with Crippen molar-refractivity contribution in [3.63, 3.8) is 0 Å². The van der Waals surface area contributed by atoms with Gasteiger partial charge in [-0.1, -0.05) is 41.9 Å². The maximum absolute atomic E-state index is 13.6. The zero-order chi connectivity index (χ0) is 50.6. The number of carbonyl (C=O) groups excluding carboxylic acids is 9. The normalized spacial score (nSPS) is 15.2. The molecule has 370 valence electrons. The highest BCUT2D eigenvalue weighted by atomic mass is 35.5. The van der Waals surface area contributed by atoms with Gasteiger partial charge in [0.2, 0.25) is 17.7 Å². The highest BCUT2D eigenvalue weighted by molar-refractivity contribution is 6.31. The van der Waals surface area contributed by atoms with E-state index in [0.717, 1.165) is 15.5 Å². The Hall–Kier alpha value is -7.46. The minimum atomic E-state index is -1.00. The van der Waals surface area contributed by atoms with Gasteiger partial charge in [0.25, 0.3) is 11.8 Å². The number of anilines is 2. The molecule has 10 amide bonds. The van der Waals surface area contributed by atoms with Gasteiger partial charge in [0.15, 0.2) is 6.73 Å². The number of nitrogens with zero attached hydrogens (tertiary/aromatic N) is 3. The summed E-state index contributed by atoms with van der Waals surface area (Å²) in [5, 5.41) is 16.8. The standard InChI is InChI=1S/C46H56ClN9O13/c1-26-8-12-33(21-35(26)47)53-42(62)49-22-30-11-15-34-31(20-30)23-54(40(34)60)36-16-17-37(57)55(41(36)61)25-68-43(63)48-18-19-56(66-7)45(65)67-24-29-9-13-32(14-10-29)52-39(59)27(2)50-38(58)28(3)51-44(64)69-46(4,5)6/h8-15,20-21,27-28,36H,16-19,22-25H2,1-7H3,(H,48,63)(H,50,58)(H,51,64)(H,52,59)(H2,49,53,62)/t27-,28-,36?/m0/s1. The second-order valence-corrected chi connectivity index (χ2v) is 17.4. The third kappa shape index (κ3) is 15.0. The number of amides is 10. The number of likely N-dealkylation sites (tertiary alicyclic amines) is 1. The molecule has 6 N–H and O–H groups in total. The van der Waals surface area contributed by atoms with E-state index in [1.54, 1.807) is 81.4 Å². The van der Waals surface area contributed by atoms with Gasteiger partial charge in [-0.3, -0.25) is 28.8 Å². The molecule has 1 unspecified atom stereocenters. The van der Waals surface area contributed by atoms with Crippen molar-refractivity contribution >= 4 is 76.8 Å². The topological polar surface area (TPSA) is 272 Å². The number of hydrogen-bond donors (Lipinski definition) is 6. The first-order valence-electron chi connectivity index (χ1n) is 21.8. The van der Waals surface area contributed by atoms with E-state index < -0.39 is 84.3 Å². The van der Waals surface area contributed by atoms with Crippen molar-refractivity contribution in [3.8, 4) is 0 Å². The molecule has 0 bridgehead atoms. The average Bonchev–Trinajstić information content (AvgIpc) is 3.61. The van der Waals surface area contributed by atoms with Crippen molar-refractivity contribution in [2.75, 3.05) is 37.6 Å². The zero-order valence-electron chi connectivity index (χ0n) is 39.2. The lowest BCUT2D eigenvalue weighted by atomic mass is 10.0. The number of rotatable bonds is 17. The molecule has 2 heterocycles. The molecule has 1 fully saturated rings. The molecule has 0 aliphatic carbocycles. The minimum absolute atomic E-state index is 0.0747. The van der Waals surface area contributed by atoms with Gasteiger partial charge < -0.3 is 51.0 Å². The lowest BCUT2D eigenvalue weighted by Gasteiger charge is -2.34. The highest BCUT2D eigenvalue weighted by Gasteiger charge is 2.43. The molecular weight excluding hydrogens is 922 g/mol. The molecule has 2 aliphatic rings. The molecule has 3 atom stereocenters. The fourth-order valence-electron chi connectivity index (χ4n) is 6.83. The van der Waals surface area contributed by atoms with Gasteiger partial charge in [0.05, 0.1) is 13.7 Å². The van der Waals surface area contributed by atoms with Crippen molar-refractivity contribution in [3.05, 3.63) is 93.5 Å². The summed E-state index contributed by atoms with van der Waals surface area (Å²) in [6.07, 6.45) is -2.67. The molecule has 69 heavy (non-hydrogen) atoms. The molecule has 3 aromatic carbocycles. The van der Waals surface area contributed by atoms with Crippen LogP contribution >= 0.6 is 11.6 Å². The quantitative estimate of drug-likeness (QED) is 0.0610. The number of urea groups is 1. The number of aryl methyl sites for hydroxylation is 1. The SMILES string of the molecule is CON(CCNC(=O)OCN1C(=O)CCC(N2Cc3cc(CNC(=O)Nc4ccc(C)c(Cl)c4)ccc3C2=O)C1=O)C(=O)OCc1ccc(NC(=O)[C@H](C)NC(=O)[C@H](C)NC(=O)OC(C)(C)C)cc1. The Bertz CT molecular complexity index is 2450. The average molecular weight is 978 g/mol. The Labute approximate surface area is 402 Å². The van der Waals surface area contributed by atoms with Crippen LogP contribution in [-0.4, -0.2) is 119 Å². The Balaban J connectivity index is 1.00. The largest absolute Gasteiger partial charge is 0.444 e. The van der Waals surface area contributed by atoms with E-state index in [2.05, 4.69) is 31.9 Å². The Morgan fingerprint density at radius 2 is 1.51 bits per heavy atom. The first-order valence-corrected chi connectivity index (χ1v) is 22.2. The fraction of sp³-hybridized carbons (Fsp3) is 0.413. The maximum Gasteiger partial charge on any atom is 0.434 e. The second-order valence-electron chi connectivity index (χ2n) is 17.0. The molecule has 3 aromatic rings. The molecule has 0 spiro atoms.